The predicted octanol–water partition coefficient (Wildman–Crippen LogP) is 2.45. The molecule has 96 valence electrons. The van der Waals surface area contributed by atoms with Crippen LogP contribution in [0.1, 0.15) is 18.9 Å². The number of nitrogens with zero attached hydrogens (tertiary/aromatic N) is 1. The Bertz CT molecular complexity index is 308. The van der Waals surface area contributed by atoms with Crippen molar-refractivity contribution in [2.24, 2.45) is 5.73 Å². The summed E-state index contributed by atoms with van der Waals surface area (Å²) >= 11 is 0. The van der Waals surface area contributed by atoms with Gasteiger partial charge in [-0.1, -0.05) is 37.3 Å². The molecule has 0 unspecified atom stereocenters. The first-order valence-corrected chi connectivity index (χ1v) is 5.96. The van der Waals surface area contributed by atoms with E-state index in [0.29, 0.717) is 19.6 Å². The van der Waals surface area contributed by atoms with Crippen LogP contribution in [-0.2, 0) is 5.92 Å². The van der Waals surface area contributed by atoms with Crippen molar-refractivity contribution in [2.45, 2.75) is 19.3 Å². The zero-order chi connectivity index (χ0) is 12.7. The van der Waals surface area contributed by atoms with Crippen LogP contribution in [0.3, 0.4) is 0 Å². The van der Waals surface area contributed by atoms with Gasteiger partial charge in [0.25, 0.3) is 5.92 Å². The first-order valence-electron chi connectivity index (χ1n) is 5.96. The van der Waals surface area contributed by atoms with Crippen molar-refractivity contribution >= 4 is 0 Å². The highest BCUT2D eigenvalue weighted by Gasteiger charge is 2.33. The summed E-state index contributed by atoms with van der Waals surface area (Å²) in [4.78, 5) is 1.72. The van der Waals surface area contributed by atoms with E-state index in [4.69, 9.17) is 5.73 Å². The topological polar surface area (TPSA) is 29.3 Å². The Balaban J connectivity index is 2.69. The summed E-state index contributed by atoms with van der Waals surface area (Å²) in [5.41, 5.74) is 5.50. The molecular weight excluding hydrogens is 222 g/mol. The molecule has 2 nitrogen and oxygen atoms in total. The van der Waals surface area contributed by atoms with Gasteiger partial charge in [-0.2, -0.15) is 8.78 Å². The first-order chi connectivity index (χ1) is 8.10. The lowest BCUT2D eigenvalue weighted by molar-refractivity contribution is -0.0372. The summed E-state index contributed by atoms with van der Waals surface area (Å²) in [6.07, 6.45) is 0.852. The van der Waals surface area contributed by atoms with Crippen molar-refractivity contribution in [3.63, 3.8) is 0 Å². The maximum absolute atomic E-state index is 14.0. The molecule has 1 aromatic carbocycles. The van der Waals surface area contributed by atoms with E-state index in [1.807, 2.05) is 6.92 Å². The number of halogens is 2. The van der Waals surface area contributed by atoms with Crippen LogP contribution in [-0.4, -0.2) is 31.1 Å². The van der Waals surface area contributed by atoms with Crippen LogP contribution in [0.2, 0.25) is 0 Å². The molecule has 1 rings (SSSR count). The molecule has 0 aliphatic heterocycles. The third-order valence-electron chi connectivity index (χ3n) is 2.60. The number of nitrogens with two attached hydrogens (primary N) is 1. The fourth-order valence-corrected chi connectivity index (χ4v) is 1.82. The molecule has 0 saturated heterocycles. The van der Waals surface area contributed by atoms with Gasteiger partial charge in [-0.15, -0.1) is 0 Å². The van der Waals surface area contributed by atoms with Crippen LogP contribution in [0.15, 0.2) is 30.3 Å². The van der Waals surface area contributed by atoms with Crippen molar-refractivity contribution < 1.29 is 8.78 Å². The number of rotatable bonds is 7. The van der Waals surface area contributed by atoms with Gasteiger partial charge < -0.3 is 5.73 Å². The smallest absolute Gasteiger partial charge is 0.285 e. The molecule has 0 bridgehead atoms. The van der Waals surface area contributed by atoms with E-state index in [1.54, 1.807) is 23.1 Å². The second-order valence-corrected chi connectivity index (χ2v) is 4.14. The average molecular weight is 242 g/mol. The minimum absolute atomic E-state index is 0.0677. The Kier molecular flexibility index (Phi) is 5.51. The summed E-state index contributed by atoms with van der Waals surface area (Å²) in [7, 11) is 0. The van der Waals surface area contributed by atoms with E-state index >= 15 is 0 Å². The van der Waals surface area contributed by atoms with E-state index in [0.717, 1.165) is 6.42 Å². The molecule has 2 N–H and O–H groups in total. The Hall–Kier alpha value is -1.00. The third-order valence-corrected chi connectivity index (χ3v) is 2.60. The van der Waals surface area contributed by atoms with Gasteiger partial charge in [0.2, 0.25) is 0 Å². The van der Waals surface area contributed by atoms with Gasteiger partial charge in [0.1, 0.15) is 0 Å². The SMILES string of the molecule is CCCN(CCN)CC(F)(F)c1ccccc1. The molecule has 0 spiro atoms. The molecular formula is C13H20F2N2. The van der Waals surface area contributed by atoms with Crippen LogP contribution >= 0.6 is 0 Å². The Labute approximate surface area is 101 Å². The van der Waals surface area contributed by atoms with E-state index in [9.17, 15) is 8.78 Å². The van der Waals surface area contributed by atoms with Gasteiger partial charge in [-0.25, -0.2) is 0 Å². The second-order valence-electron chi connectivity index (χ2n) is 4.14. The quantitative estimate of drug-likeness (QED) is 0.795. The zero-order valence-electron chi connectivity index (χ0n) is 10.2. The van der Waals surface area contributed by atoms with Crippen molar-refractivity contribution in [3.05, 3.63) is 35.9 Å². The Morgan fingerprint density at radius 3 is 2.35 bits per heavy atom. The molecule has 0 amide bonds. The lowest BCUT2D eigenvalue weighted by Gasteiger charge is -2.26. The summed E-state index contributed by atoms with van der Waals surface area (Å²) in [5.74, 6) is -2.81. The summed E-state index contributed by atoms with van der Waals surface area (Å²) < 4.78 is 27.9. The predicted molar refractivity (Wildman–Crippen MR) is 66.1 cm³/mol. The van der Waals surface area contributed by atoms with Gasteiger partial charge >= 0.3 is 0 Å². The molecule has 0 radical (unpaired) electrons. The number of hydrogen-bond donors (Lipinski definition) is 1. The monoisotopic (exact) mass is 242 g/mol. The molecule has 0 fully saturated rings. The minimum atomic E-state index is -2.81. The third kappa shape index (κ3) is 4.40. The second kappa shape index (κ2) is 6.67. The van der Waals surface area contributed by atoms with Gasteiger partial charge in [-0.05, 0) is 13.0 Å². The van der Waals surface area contributed by atoms with E-state index in [2.05, 4.69) is 0 Å². The molecule has 0 heterocycles. The normalized spacial score (nSPS) is 12.1. The van der Waals surface area contributed by atoms with Crippen molar-refractivity contribution in [3.8, 4) is 0 Å². The van der Waals surface area contributed by atoms with E-state index in [-0.39, 0.29) is 12.1 Å². The van der Waals surface area contributed by atoms with Crippen LogP contribution < -0.4 is 5.73 Å². The van der Waals surface area contributed by atoms with Gasteiger partial charge in [0.05, 0.1) is 6.54 Å². The fourth-order valence-electron chi connectivity index (χ4n) is 1.82. The highest BCUT2D eigenvalue weighted by molar-refractivity contribution is 5.20. The molecule has 0 aliphatic rings. The lowest BCUT2D eigenvalue weighted by Crippen LogP contribution is -2.38. The maximum Gasteiger partial charge on any atom is 0.285 e. The molecule has 0 saturated carbocycles. The molecule has 0 aromatic heterocycles. The van der Waals surface area contributed by atoms with Crippen LogP contribution in [0.4, 0.5) is 8.78 Å². The number of hydrogen-bond acceptors (Lipinski definition) is 2. The fraction of sp³-hybridized carbons (Fsp3) is 0.538. The van der Waals surface area contributed by atoms with Crippen molar-refractivity contribution in [2.75, 3.05) is 26.2 Å². The first kappa shape index (κ1) is 14.1. The summed E-state index contributed by atoms with van der Waals surface area (Å²) in [5, 5.41) is 0. The Morgan fingerprint density at radius 1 is 1.18 bits per heavy atom. The average Bonchev–Trinajstić information content (AvgIpc) is 2.30. The number of alkyl halides is 2. The molecule has 1 aromatic rings. The van der Waals surface area contributed by atoms with Crippen LogP contribution in [0.25, 0.3) is 0 Å². The number of benzene rings is 1. The minimum Gasteiger partial charge on any atom is -0.329 e. The van der Waals surface area contributed by atoms with E-state index in [1.165, 1.54) is 12.1 Å². The standard InChI is InChI=1S/C13H20F2N2/c1-2-9-17(10-8-16)11-13(14,15)12-6-4-3-5-7-12/h3-7H,2,8-11,16H2,1H3. The molecule has 17 heavy (non-hydrogen) atoms. The Morgan fingerprint density at radius 2 is 1.82 bits per heavy atom. The summed E-state index contributed by atoms with van der Waals surface area (Å²) in [6.45, 7) is 3.28. The highest BCUT2D eigenvalue weighted by Crippen LogP contribution is 2.28. The van der Waals surface area contributed by atoms with Gasteiger partial charge in [0, 0.05) is 18.7 Å². The highest BCUT2D eigenvalue weighted by atomic mass is 19.3. The van der Waals surface area contributed by atoms with Gasteiger partial charge in [-0.3, -0.25) is 4.90 Å². The lowest BCUT2D eigenvalue weighted by atomic mass is 10.1. The summed E-state index contributed by atoms with van der Waals surface area (Å²) in [6, 6.07) is 7.94. The van der Waals surface area contributed by atoms with Crippen molar-refractivity contribution in [1.82, 2.24) is 4.90 Å². The maximum atomic E-state index is 14.0. The largest absolute Gasteiger partial charge is 0.329 e. The van der Waals surface area contributed by atoms with Crippen LogP contribution in [0, 0.1) is 0 Å². The van der Waals surface area contributed by atoms with Crippen molar-refractivity contribution in [1.29, 1.82) is 0 Å². The van der Waals surface area contributed by atoms with Crippen LogP contribution in [0.5, 0.6) is 0 Å². The van der Waals surface area contributed by atoms with E-state index < -0.39 is 5.92 Å². The van der Waals surface area contributed by atoms with Gasteiger partial charge in [0.15, 0.2) is 0 Å². The zero-order valence-corrected chi connectivity index (χ0v) is 10.2. The molecule has 4 heteroatoms. The molecule has 0 aliphatic carbocycles. The molecule has 0 atom stereocenters.